The number of aryl methyl sites for hydroxylation is 2. The molecule has 0 saturated heterocycles. The summed E-state index contributed by atoms with van der Waals surface area (Å²) in [5.41, 5.74) is 8.43. The van der Waals surface area contributed by atoms with Crippen LogP contribution >= 0.6 is 0 Å². The minimum Gasteiger partial charge on any atom is -0.466 e. The minimum atomic E-state index is -0.582. The van der Waals surface area contributed by atoms with Crippen molar-refractivity contribution in [2.24, 2.45) is 5.73 Å². The van der Waals surface area contributed by atoms with Gasteiger partial charge in [-0.1, -0.05) is 6.07 Å². The van der Waals surface area contributed by atoms with Crippen LogP contribution in [0, 0.1) is 32.4 Å². The summed E-state index contributed by atoms with van der Waals surface area (Å²) >= 11 is 0. The highest BCUT2D eigenvalue weighted by molar-refractivity contribution is 5.35. The fraction of sp³-hybridized carbons (Fsp3) is 0.333. The predicted molar refractivity (Wildman–Crippen MR) is 69.9 cm³/mol. The van der Waals surface area contributed by atoms with Crippen molar-refractivity contribution in [3.05, 3.63) is 58.0 Å². The summed E-state index contributed by atoms with van der Waals surface area (Å²) in [6.45, 7) is 5.65. The standard InChI is InChI=1S/C15H17F2NO/c1-8-9(2)19-10(3)15(8)14(18)6-11-4-5-12(16)7-13(11)17/h4-5,7,14H,6,18H2,1-3H3. The van der Waals surface area contributed by atoms with Crippen molar-refractivity contribution in [2.75, 3.05) is 0 Å². The Bertz CT molecular complexity index is 604. The first-order valence-electron chi connectivity index (χ1n) is 6.16. The van der Waals surface area contributed by atoms with Gasteiger partial charge in [0.1, 0.15) is 23.2 Å². The predicted octanol–water partition coefficient (Wildman–Crippen LogP) is 3.73. The van der Waals surface area contributed by atoms with Crippen molar-refractivity contribution in [3.63, 3.8) is 0 Å². The van der Waals surface area contributed by atoms with E-state index >= 15 is 0 Å². The van der Waals surface area contributed by atoms with E-state index in [-0.39, 0.29) is 6.04 Å². The number of nitrogens with two attached hydrogens (primary N) is 1. The van der Waals surface area contributed by atoms with Crippen molar-refractivity contribution < 1.29 is 13.2 Å². The third-order valence-corrected chi connectivity index (χ3v) is 3.44. The molecule has 2 nitrogen and oxygen atoms in total. The Morgan fingerprint density at radius 1 is 1.16 bits per heavy atom. The molecule has 1 unspecified atom stereocenters. The summed E-state index contributed by atoms with van der Waals surface area (Å²) in [6, 6.07) is 3.19. The lowest BCUT2D eigenvalue weighted by Crippen LogP contribution is -2.15. The number of furan rings is 1. The van der Waals surface area contributed by atoms with E-state index in [9.17, 15) is 8.78 Å². The topological polar surface area (TPSA) is 39.2 Å². The Balaban J connectivity index is 2.28. The first-order chi connectivity index (χ1) is 8.90. The van der Waals surface area contributed by atoms with Gasteiger partial charge in [0.05, 0.1) is 0 Å². The van der Waals surface area contributed by atoms with Gasteiger partial charge in [-0.2, -0.15) is 0 Å². The molecule has 1 aromatic heterocycles. The Morgan fingerprint density at radius 2 is 1.84 bits per heavy atom. The molecule has 0 fully saturated rings. The molecule has 1 atom stereocenters. The Morgan fingerprint density at radius 3 is 2.37 bits per heavy atom. The van der Waals surface area contributed by atoms with Gasteiger partial charge in [-0.15, -0.1) is 0 Å². The molecule has 0 bridgehead atoms. The zero-order valence-electron chi connectivity index (χ0n) is 11.3. The highest BCUT2D eigenvalue weighted by Crippen LogP contribution is 2.28. The molecule has 2 aromatic rings. The molecular weight excluding hydrogens is 248 g/mol. The molecule has 2 N–H and O–H groups in total. The lowest BCUT2D eigenvalue weighted by molar-refractivity contribution is 0.495. The third-order valence-electron chi connectivity index (χ3n) is 3.44. The largest absolute Gasteiger partial charge is 0.466 e. The smallest absolute Gasteiger partial charge is 0.129 e. The van der Waals surface area contributed by atoms with E-state index in [2.05, 4.69) is 0 Å². The molecule has 0 amide bonds. The second-order valence-corrected chi connectivity index (χ2v) is 4.80. The van der Waals surface area contributed by atoms with Gasteiger partial charge < -0.3 is 10.2 Å². The summed E-state index contributed by atoms with van der Waals surface area (Å²) < 4.78 is 32.0. The van der Waals surface area contributed by atoms with Gasteiger partial charge in [0.15, 0.2) is 0 Å². The Hall–Kier alpha value is -1.68. The summed E-state index contributed by atoms with van der Waals surface area (Å²) in [5.74, 6) is 0.430. The Labute approximate surface area is 111 Å². The molecule has 0 radical (unpaired) electrons. The number of benzene rings is 1. The maximum absolute atomic E-state index is 13.6. The SMILES string of the molecule is Cc1oc(C)c(C(N)Cc2ccc(F)cc2F)c1C. The summed E-state index contributed by atoms with van der Waals surface area (Å²) in [4.78, 5) is 0. The molecule has 19 heavy (non-hydrogen) atoms. The molecule has 0 aliphatic carbocycles. The lowest BCUT2D eigenvalue weighted by Gasteiger charge is -2.13. The normalized spacial score (nSPS) is 12.7. The molecule has 4 heteroatoms. The zero-order chi connectivity index (χ0) is 14.2. The highest BCUT2D eigenvalue weighted by Gasteiger charge is 2.19. The fourth-order valence-corrected chi connectivity index (χ4v) is 2.38. The Kier molecular flexibility index (Phi) is 3.71. The van der Waals surface area contributed by atoms with Gasteiger partial charge in [0, 0.05) is 17.7 Å². The van der Waals surface area contributed by atoms with E-state index in [1.807, 2.05) is 20.8 Å². The zero-order valence-corrected chi connectivity index (χ0v) is 11.3. The van der Waals surface area contributed by atoms with Gasteiger partial charge in [-0.3, -0.25) is 0 Å². The maximum Gasteiger partial charge on any atom is 0.129 e. The number of halogens is 2. The van der Waals surface area contributed by atoms with Crippen LogP contribution in [-0.2, 0) is 6.42 Å². The monoisotopic (exact) mass is 265 g/mol. The van der Waals surface area contributed by atoms with E-state index in [0.29, 0.717) is 12.0 Å². The van der Waals surface area contributed by atoms with Crippen LogP contribution in [0.5, 0.6) is 0 Å². The third kappa shape index (κ3) is 2.68. The van der Waals surface area contributed by atoms with Crippen LogP contribution in [0.3, 0.4) is 0 Å². The van der Waals surface area contributed by atoms with Gasteiger partial charge in [-0.05, 0) is 44.4 Å². The molecule has 1 aromatic carbocycles. The van der Waals surface area contributed by atoms with Crippen molar-refractivity contribution >= 4 is 0 Å². The number of hydrogen-bond donors (Lipinski definition) is 1. The summed E-state index contributed by atoms with van der Waals surface area (Å²) in [7, 11) is 0. The van der Waals surface area contributed by atoms with E-state index in [4.69, 9.17) is 10.2 Å². The van der Waals surface area contributed by atoms with Crippen LogP contribution < -0.4 is 5.73 Å². The second-order valence-electron chi connectivity index (χ2n) is 4.80. The number of rotatable bonds is 3. The van der Waals surface area contributed by atoms with Gasteiger partial charge in [0.25, 0.3) is 0 Å². The quantitative estimate of drug-likeness (QED) is 0.918. The maximum atomic E-state index is 13.6. The van der Waals surface area contributed by atoms with Crippen molar-refractivity contribution in [2.45, 2.75) is 33.2 Å². The average Bonchev–Trinajstić information content (AvgIpc) is 2.57. The number of hydrogen-bond acceptors (Lipinski definition) is 2. The highest BCUT2D eigenvalue weighted by atomic mass is 19.1. The van der Waals surface area contributed by atoms with E-state index in [1.165, 1.54) is 12.1 Å². The fourth-order valence-electron chi connectivity index (χ4n) is 2.38. The van der Waals surface area contributed by atoms with Crippen LogP contribution in [0.25, 0.3) is 0 Å². The first kappa shape index (κ1) is 13.7. The van der Waals surface area contributed by atoms with E-state index in [0.717, 1.165) is 28.7 Å². The van der Waals surface area contributed by atoms with Crippen molar-refractivity contribution in [1.29, 1.82) is 0 Å². The molecule has 0 saturated carbocycles. The van der Waals surface area contributed by atoms with Crippen molar-refractivity contribution in [3.8, 4) is 0 Å². The van der Waals surface area contributed by atoms with Crippen LogP contribution in [0.2, 0.25) is 0 Å². The summed E-state index contributed by atoms with van der Waals surface area (Å²) in [5, 5.41) is 0. The molecule has 2 rings (SSSR count). The van der Waals surface area contributed by atoms with Gasteiger partial charge in [0.2, 0.25) is 0 Å². The molecule has 0 aliphatic rings. The van der Waals surface area contributed by atoms with Gasteiger partial charge >= 0.3 is 0 Å². The van der Waals surface area contributed by atoms with Crippen LogP contribution in [0.1, 0.15) is 34.3 Å². The van der Waals surface area contributed by atoms with Crippen molar-refractivity contribution in [1.82, 2.24) is 0 Å². The van der Waals surface area contributed by atoms with Crippen LogP contribution in [0.4, 0.5) is 8.78 Å². The van der Waals surface area contributed by atoms with E-state index < -0.39 is 11.6 Å². The second kappa shape index (κ2) is 5.13. The molecule has 1 heterocycles. The molecular formula is C15H17F2NO. The lowest BCUT2D eigenvalue weighted by atomic mass is 9.96. The van der Waals surface area contributed by atoms with Crippen LogP contribution in [-0.4, -0.2) is 0 Å². The minimum absolute atomic E-state index is 0.312. The molecule has 0 spiro atoms. The summed E-state index contributed by atoms with van der Waals surface area (Å²) in [6.07, 6.45) is 0.312. The first-order valence-corrected chi connectivity index (χ1v) is 6.16. The molecule has 0 aliphatic heterocycles. The van der Waals surface area contributed by atoms with E-state index in [1.54, 1.807) is 0 Å². The van der Waals surface area contributed by atoms with Gasteiger partial charge in [-0.25, -0.2) is 8.78 Å². The van der Waals surface area contributed by atoms with Crippen LogP contribution in [0.15, 0.2) is 22.6 Å². The molecule has 102 valence electrons. The average molecular weight is 265 g/mol.